The van der Waals surface area contributed by atoms with Crippen LogP contribution in [0.1, 0.15) is 25.7 Å². The number of aliphatic carboxylic acids is 1. The summed E-state index contributed by atoms with van der Waals surface area (Å²) < 4.78 is 0. The standard InChI is InChI=1S/C9H15NO2/c1-10-6-9(3-2-4-9)5-7(10)8(11)12/h7H,2-6H2,1H3,(H,11,12)/t7-/m1/s1. The molecule has 0 aromatic carbocycles. The number of likely N-dealkylation sites (N-methyl/N-ethyl adjacent to an activating group) is 1. The fourth-order valence-corrected chi connectivity index (χ4v) is 2.58. The summed E-state index contributed by atoms with van der Waals surface area (Å²) >= 11 is 0. The molecule has 0 aromatic rings. The maximum atomic E-state index is 10.8. The molecule has 1 aliphatic carbocycles. The van der Waals surface area contributed by atoms with Crippen LogP contribution >= 0.6 is 0 Å². The van der Waals surface area contributed by atoms with Crippen LogP contribution in [0.15, 0.2) is 0 Å². The first-order chi connectivity index (χ1) is 5.63. The topological polar surface area (TPSA) is 40.5 Å². The molecule has 1 spiro atoms. The molecule has 3 nitrogen and oxygen atoms in total. The second kappa shape index (κ2) is 2.46. The number of carboxylic acid groups (broad SMARTS) is 1. The molecule has 0 bridgehead atoms. The summed E-state index contributed by atoms with van der Waals surface area (Å²) in [6.07, 6.45) is 4.64. The molecule has 0 unspecified atom stereocenters. The molecule has 1 saturated carbocycles. The second-order valence-corrected chi connectivity index (χ2v) is 4.33. The van der Waals surface area contributed by atoms with Gasteiger partial charge in [0.2, 0.25) is 0 Å². The highest BCUT2D eigenvalue weighted by atomic mass is 16.4. The highest BCUT2D eigenvalue weighted by Crippen LogP contribution is 2.49. The molecule has 0 aromatic heterocycles. The van der Waals surface area contributed by atoms with Crippen LogP contribution in [-0.2, 0) is 4.79 Å². The van der Waals surface area contributed by atoms with Crippen molar-refractivity contribution in [2.24, 2.45) is 5.41 Å². The van der Waals surface area contributed by atoms with E-state index in [1.165, 1.54) is 19.3 Å². The van der Waals surface area contributed by atoms with E-state index >= 15 is 0 Å². The third kappa shape index (κ3) is 1.04. The van der Waals surface area contributed by atoms with Crippen LogP contribution in [-0.4, -0.2) is 35.6 Å². The van der Waals surface area contributed by atoms with E-state index in [1.807, 2.05) is 11.9 Å². The monoisotopic (exact) mass is 169 g/mol. The number of carboxylic acids is 1. The van der Waals surface area contributed by atoms with Gasteiger partial charge in [-0.3, -0.25) is 9.69 Å². The van der Waals surface area contributed by atoms with Gasteiger partial charge in [0.1, 0.15) is 6.04 Å². The Kier molecular flexibility index (Phi) is 1.65. The smallest absolute Gasteiger partial charge is 0.320 e. The molecule has 0 amide bonds. The molecular formula is C9H15NO2. The first-order valence-electron chi connectivity index (χ1n) is 4.56. The maximum absolute atomic E-state index is 10.8. The summed E-state index contributed by atoms with van der Waals surface area (Å²) in [4.78, 5) is 12.8. The number of rotatable bonds is 1. The Morgan fingerprint density at radius 3 is 2.50 bits per heavy atom. The van der Waals surface area contributed by atoms with E-state index in [1.54, 1.807) is 0 Å². The van der Waals surface area contributed by atoms with E-state index in [9.17, 15) is 4.79 Å². The van der Waals surface area contributed by atoms with Crippen molar-refractivity contribution in [2.75, 3.05) is 13.6 Å². The summed E-state index contributed by atoms with van der Waals surface area (Å²) in [5.74, 6) is -0.652. The minimum atomic E-state index is -0.652. The van der Waals surface area contributed by atoms with Crippen LogP contribution in [0.2, 0.25) is 0 Å². The minimum Gasteiger partial charge on any atom is -0.480 e. The van der Waals surface area contributed by atoms with Crippen LogP contribution in [0.4, 0.5) is 0 Å². The summed E-state index contributed by atoms with van der Waals surface area (Å²) in [6, 6.07) is -0.217. The molecule has 2 rings (SSSR count). The van der Waals surface area contributed by atoms with Gasteiger partial charge in [0.05, 0.1) is 0 Å². The SMILES string of the molecule is CN1CC2(CCC2)C[C@@H]1C(=O)O. The lowest BCUT2D eigenvalue weighted by atomic mass is 9.67. The zero-order valence-electron chi connectivity index (χ0n) is 7.42. The third-order valence-electron chi connectivity index (χ3n) is 3.44. The number of hydrogen-bond acceptors (Lipinski definition) is 2. The van der Waals surface area contributed by atoms with Gasteiger partial charge in [0.25, 0.3) is 0 Å². The second-order valence-electron chi connectivity index (χ2n) is 4.33. The predicted molar refractivity (Wildman–Crippen MR) is 45.0 cm³/mol. The summed E-state index contributed by atoms with van der Waals surface area (Å²) in [5, 5.41) is 8.89. The van der Waals surface area contributed by atoms with Crippen molar-refractivity contribution in [1.82, 2.24) is 4.90 Å². The average Bonchev–Trinajstić information content (AvgIpc) is 2.26. The average molecular weight is 169 g/mol. The van der Waals surface area contributed by atoms with Crippen molar-refractivity contribution in [3.8, 4) is 0 Å². The molecule has 1 saturated heterocycles. The van der Waals surface area contributed by atoms with Crippen LogP contribution < -0.4 is 0 Å². The van der Waals surface area contributed by atoms with Gasteiger partial charge in [0.15, 0.2) is 0 Å². The lowest BCUT2D eigenvalue weighted by Gasteiger charge is -2.37. The highest BCUT2D eigenvalue weighted by Gasteiger charge is 2.48. The fraction of sp³-hybridized carbons (Fsp3) is 0.889. The Labute approximate surface area is 72.4 Å². The zero-order chi connectivity index (χ0) is 8.77. The van der Waals surface area contributed by atoms with Crippen molar-refractivity contribution in [3.63, 3.8) is 0 Å². The van der Waals surface area contributed by atoms with Crippen molar-refractivity contribution in [1.29, 1.82) is 0 Å². The van der Waals surface area contributed by atoms with Gasteiger partial charge in [-0.1, -0.05) is 6.42 Å². The third-order valence-corrected chi connectivity index (χ3v) is 3.44. The van der Waals surface area contributed by atoms with Gasteiger partial charge in [-0.15, -0.1) is 0 Å². The zero-order valence-corrected chi connectivity index (χ0v) is 7.42. The molecule has 2 fully saturated rings. The van der Waals surface area contributed by atoms with E-state index in [2.05, 4.69) is 0 Å². The van der Waals surface area contributed by atoms with Gasteiger partial charge >= 0.3 is 5.97 Å². The van der Waals surface area contributed by atoms with E-state index < -0.39 is 5.97 Å². The molecule has 1 N–H and O–H groups in total. The minimum absolute atomic E-state index is 0.217. The van der Waals surface area contributed by atoms with Gasteiger partial charge in [0, 0.05) is 6.54 Å². The van der Waals surface area contributed by atoms with Gasteiger partial charge in [-0.2, -0.15) is 0 Å². The fourth-order valence-electron chi connectivity index (χ4n) is 2.58. The van der Waals surface area contributed by atoms with Crippen molar-refractivity contribution >= 4 is 5.97 Å². The Morgan fingerprint density at radius 2 is 2.25 bits per heavy atom. The number of nitrogens with zero attached hydrogens (tertiary/aromatic N) is 1. The van der Waals surface area contributed by atoms with Gasteiger partial charge in [-0.05, 0) is 31.7 Å². The quantitative estimate of drug-likeness (QED) is 0.635. The predicted octanol–water partition coefficient (Wildman–Crippen LogP) is 0.945. The first-order valence-corrected chi connectivity index (χ1v) is 4.56. The summed E-state index contributed by atoms with van der Waals surface area (Å²) in [5.41, 5.74) is 0.387. The molecule has 12 heavy (non-hydrogen) atoms. The molecule has 68 valence electrons. The maximum Gasteiger partial charge on any atom is 0.320 e. The van der Waals surface area contributed by atoms with E-state index in [0.29, 0.717) is 5.41 Å². The molecule has 3 heteroatoms. The lowest BCUT2D eigenvalue weighted by Crippen LogP contribution is -2.33. The largest absolute Gasteiger partial charge is 0.480 e. The highest BCUT2D eigenvalue weighted by molar-refractivity contribution is 5.74. The Hall–Kier alpha value is -0.570. The van der Waals surface area contributed by atoms with Crippen LogP contribution in [0, 0.1) is 5.41 Å². The molecule has 1 atom stereocenters. The molecule has 1 heterocycles. The Bertz CT molecular complexity index is 211. The number of likely N-dealkylation sites (tertiary alicyclic amines) is 1. The molecule has 2 aliphatic rings. The van der Waals surface area contributed by atoms with Crippen molar-refractivity contribution in [2.45, 2.75) is 31.7 Å². The van der Waals surface area contributed by atoms with E-state index in [4.69, 9.17) is 5.11 Å². The van der Waals surface area contributed by atoms with Gasteiger partial charge < -0.3 is 5.11 Å². The normalized spacial score (nSPS) is 33.6. The van der Waals surface area contributed by atoms with Crippen molar-refractivity contribution < 1.29 is 9.90 Å². The summed E-state index contributed by atoms with van der Waals surface area (Å²) in [7, 11) is 1.92. The first kappa shape index (κ1) is 8.05. The Morgan fingerprint density at radius 1 is 1.58 bits per heavy atom. The van der Waals surface area contributed by atoms with Crippen LogP contribution in [0.3, 0.4) is 0 Å². The number of hydrogen-bond donors (Lipinski definition) is 1. The number of carbonyl (C=O) groups is 1. The van der Waals surface area contributed by atoms with Crippen LogP contribution in [0.5, 0.6) is 0 Å². The van der Waals surface area contributed by atoms with Crippen molar-refractivity contribution in [3.05, 3.63) is 0 Å². The van der Waals surface area contributed by atoms with E-state index in [-0.39, 0.29) is 6.04 Å². The van der Waals surface area contributed by atoms with E-state index in [0.717, 1.165) is 13.0 Å². The molecular weight excluding hydrogens is 154 g/mol. The molecule has 1 aliphatic heterocycles. The van der Waals surface area contributed by atoms with Crippen LogP contribution in [0.25, 0.3) is 0 Å². The molecule has 0 radical (unpaired) electrons. The Balaban J connectivity index is 2.06. The summed E-state index contributed by atoms with van der Waals surface area (Å²) in [6.45, 7) is 0.990. The lowest BCUT2D eigenvalue weighted by molar-refractivity contribution is -0.141. The van der Waals surface area contributed by atoms with Gasteiger partial charge in [-0.25, -0.2) is 0 Å².